The SMILES string of the molecule is Cc1ccccc1OCCNC(=O)c1cn(C2CCNCC2)nn1.Cl. The van der Waals surface area contributed by atoms with Gasteiger partial charge in [0.1, 0.15) is 12.4 Å². The maximum Gasteiger partial charge on any atom is 0.273 e. The Balaban J connectivity index is 0.00000225. The zero-order chi connectivity index (χ0) is 16.8. The van der Waals surface area contributed by atoms with Crippen LogP contribution < -0.4 is 15.4 Å². The predicted octanol–water partition coefficient (Wildman–Crippen LogP) is 1.74. The smallest absolute Gasteiger partial charge is 0.273 e. The van der Waals surface area contributed by atoms with Crippen LogP contribution in [0.1, 0.15) is 34.9 Å². The monoisotopic (exact) mass is 365 g/mol. The molecular weight excluding hydrogens is 342 g/mol. The van der Waals surface area contributed by atoms with Crippen LogP contribution in [-0.2, 0) is 0 Å². The number of aromatic nitrogens is 3. The number of carbonyl (C=O) groups is 1. The second-order valence-corrected chi connectivity index (χ2v) is 5.93. The first-order chi connectivity index (χ1) is 11.7. The first-order valence-electron chi connectivity index (χ1n) is 8.33. The zero-order valence-electron chi connectivity index (χ0n) is 14.3. The van der Waals surface area contributed by atoms with Crippen molar-refractivity contribution in [1.82, 2.24) is 25.6 Å². The maximum absolute atomic E-state index is 12.1. The molecule has 1 aliphatic rings. The molecule has 0 spiro atoms. The summed E-state index contributed by atoms with van der Waals surface area (Å²) in [5.74, 6) is 0.618. The van der Waals surface area contributed by atoms with Crippen LogP contribution in [-0.4, -0.2) is 47.1 Å². The number of nitrogens with zero attached hydrogens (tertiary/aromatic N) is 3. The first kappa shape index (κ1) is 19.2. The van der Waals surface area contributed by atoms with Gasteiger partial charge in [-0.1, -0.05) is 23.4 Å². The highest BCUT2D eigenvalue weighted by Crippen LogP contribution is 2.17. The molecule has 1 aliphatic heterocycles. The standard InChI is InChI=1S/C17H23N5O2.ClH/c1-13-4-2-3-5-16(13)24-11-10-19-17(23)15-12-22(21-20-15)14-6-8-18-9-7-14;/h2-5,12,14,18H,6-11H2,1H3,(H,19,23);1H. The van der Waals surface area contributed by atoms with Crippen LogP contribution in [0.3, 0.4) is 0 Å². The highest BCUT2D eigenvalue weighted by Gasteiger charge is 2.18. The Morgan fingerprint density at radius 2 is 2.12 bits per heavy atom. The highest BCUT2D eigenvalue weighted by molar-refractivity contribution is 5.91. The fourth-order valence-corrected chi connectivity index (χ4v) is 2.76. The molecule has 2 heterocycles. The zero-order valence-corrected chi connectivity index (χ0v) is 15.1. The van der Waals surface area contributed by atoms with Gasteiger partial charge in [0.2, 0.25) is 0 Å². The summed E-state index contributed by atoms with van der Waals surface area (Å²) in [5, 5.41) is 14.2. The van der Waals surface area contributed by atoms with Gasteiger partial charge in [0.25, 0.3) is 5.91 Å². The number of ether oxygens (including phenoxy) is 1. The lowest BCUT2D eigenvalue weighted by molar-refractivity contribution is 0.0942. The van der Waals surface area contributed by atoms with Gasteiger partial charge >= 0.3 is 0 Å². The van der Waals surface area contributed by atoms with Gasteiger partial charge in [-0.3, -0.25) is 4.79 Å². The number of halogens is 1. The number of nitrogens with one attached hydrogen (secondary N) is 2. The molecule has 7 nitrogen and oxygen atoms in total. The Labute approximate surface area is 153 Å². The number of benzene rings is 1. The molecule has 1 amide bonds. The van der Waals surface area contributed by atoms with E-state index >= 15 is 0 Å². The van der Waals surface area contributed by atoms with E-state index in [2.05, 4.69) is 20.9 Å². The third kappa shape index (κ3) is 5.17. The quantitative estimate of drug-likeness (QED) is 0.762. The molecule has 2 aromatic rings. The van der Waals surface area contributed by atoms with Gasteiger partial charge in [-0.05, 0) is 44.5 Å². The number of piperidine rings is 1. The van der Waals surface area contributed by atoms with Crippen molar-refractivity contribution in [2.45, 2.75) is 25.8 Å². The van der Waals surface area contributed by atoms with Crippen molar-refractivity contribution in [2.24, 2.45) is 0 Å². The molecule has 1 aromatic carbocycles. The first-order valence-corrected chi connectivity index (χ1v) is 8.33. The van der Waals surface area contributed by atoms with E-state index in [9.17, 15) is 4.79 Å². The summed E-state index contributed by atoms with van der Waals surface area (Å²) >= 11 is 0. The van der Waals surface area contributed by atoms with E-state index in [1.165, 1.54) is 0 Å². The summed E-state index contributed by atoms with van der Waals surface area (Å²) in [4.78, 5) is 12.1. The number of amides is 1. The van der Waals surface area contributed by atoms with E-state index in [4.69, 9.17) is 4.74 Å². The van der Waals surface area contributed by atoms with Gasteiger partial charge in [0.05, 0.1) is 18.8 Å². The minimum Gasteiger partial charge on any atom is -0.491 e. The molecule has 0 saturated carbocycles. The van der Waals surface area contributed by atoms with Gasteiger partial charge < -0.3 is 15.4 Å². The van der Waals surface area contributed by atoms with Gasteiger partial charge in [-0.2, -0.15) is 0 Å². The molecule has 0 atom stereocenters. The minimum atomic E-state index is -0.219. The predicted molar refractivity (Wildman–Crippen MR) is 97.4 cm³/mol. The highest BCUT2D eigenvalue weighted by atomic mass is 35.5. The fourth-order valence-electron chi connectivity index (χ4n) is 2.76. The van der Waals surface area contributed by atoms with E-state index in [0.29, 0.717) is 24.9 Å². The van der Waals surface area contributed by atoms with E-state index < -0.39 is 0 Å². The molecule has 3 rings (SSSR count). The van der Waals surface area contributed by atoms with Crippen molar-refractivity contribution in [2.75, 3.05) is 26.2 Å². The summed E-state index contributed by atoms with van der Waals surface area (Å²) in [7, 11) is 0. The van der Waals surface area contributed by atoms with Crippen molar-refractivity contribution in [3.05, 3.63) is 41.7 Å². The maximum atomic E-state index is 12.1. The van der Waals surface area contributed by atoms with E-state index in [1.807, 2.05) is 31.2 Å². The van der Waals surface area contributed by atoms with Gasteiger partial charge in [0, 0.05) is 0 Å². The van der Waals surface area contributed by atoms with Crippen molar-refractivity contribution < 1.29 is 9.53 Å². The molecule has 1 saturated heterocycles. The van der Waals surface area contributed by atoms with Crippen LogP contribution in [0, 0.1) is 6.92 Å². The molecule has 0 bridgehead atoms. The number of para-hydroxylation sites is 1. The normalized spacial score (nSPS) is 14.6. The number of carbonyl (C=O) groups excluding carboxylic acids is 1. The van der Waals surface area contributed by atoms with Crippen molar-refractivity contribution >= 4 is 18.3 Å². The molecule has 2 N–H and O–H groups in total. The molecule has 0 unspecified atom stereocenters. The molecule has 0 aliphatic carbocycles. The summed E-state index contributed by atoms with van der Waals surface area (Å²) < 4.78 is 7.47. The van der Waals surface area contributed by atoms with Crippen molar-refractivity contribution in [3.63, 3.8) is 0 Å². The van der Waals surface area contributed by atoms with Crippen LogP contribution in [0.15, 0.2) is 30.5 Å². The Hall–Kier alpha value is -2.12. The molecule has 1 aromatic heterocycles. The third-order valence-corrected chi connectivity index (χ3v) is 4.16. The molecule has 8 heteroatoms. The summed E-state index contributed by atoms with van der Waals surface area (Å²) in [6.07, 6.45) is 3.75. The molecule has 1 fully saturated rings. The lowest BCUT2D eigenvalue weighted by Crippen LogP contribution is -2.30. The van der Waals surface area contributed by atoms with E-state index in [-0.39, 0.29) is 18.3 Å². The third-order valence-electron chi connectivity index (χ3n) is 4.16. The van der Waals surface area contributed by atoms with E-state index in [0.717, 1.165) is 37.2 Å². The number of hydrogen-bond acceptors (Lipinski definition) is 5. The molecule has 136 valence electrons. The summed E-state index contributed by atoms with van der Waals surface area (Å²) in [6, 6.07) is 8.13. The second-order valence-electron chi connectivity index (χ2n) is 5.93. The van der Waals surface area contributed by atoms with Crippen LogP contribution in [0.25, 0.3) is 0 Å². The van der Waals surface area contributed by atoms with Crippen LogP contribution >= 0.6 is 12.4 Å². The average molecular weight is 366 g/mol. The van der Waals surface area contributed by atoms with Gasteiger partial charge in [0.15, 0.2) is 5.69 Å². The summed E-state index contributed by atoms with van der Waals surface area (Å²) in [5.41, 5.74) is 1.43. The number of aryl methyl sites for hydroxylation is 1. The lowest BCUT2D eigenvalue weighted by Gasteiger charge is -2.22. The lowest BCUT2D eigenvalue weighted by atomic mass is 10.1. The van der Waals surface area contributed by atoms with Crippen LogP contribution in [0.5, 0.6) is 5.75 Å². The minimum absolute atomic E-state index is 0. The van der Waals surface area contributed by atoms with Gasteiger partial charge in [-0.15, -0.1) is 17.5 Å². The molecular formula is C17H24ClN5O2. The number of rotatable bonds is 6. The average Bonchev–Trinajstić information content (AvgIpc) is 3.11. The molecule has 25 heavy (non-hydrogen) atoms. The summed E-state index contributed by atoms with van der Waals surface area (Å²) in [6.45, 7) is 4.78. The Morgan fingerprint density at radius 1 is 1.36 bits per heavy atom. The Morgan fingerprint density at radius 3 is 2.88 bits per heavy atom. The second kappa shape index (κ2) is 9.39. The van der Waals surface area contributed by atoms with Crippen LogP contribution in [0.4, 0.5) is 0 Å². The van der Waals surface area contributed by atoms with Crippen LogP contribution in [0.2, 0.25) is 0 Å². The Kier molecular flexibility index (Phi) is 7.21. The molecule has 0 radical (unpaired) electrons. The largest absolute Gasteiger partial charge is 0.491 e. The topological polar surface area (TPSA) is 81.1 Å². The van der Waals surface area contributed by atoms with Crippen molar-refractivity contribution in [3.8, 4) is 5.75 Å². The van der Waals surface area contributed by atoms with E-state index in [1.54, 1.807) is 10.9 Å². The van der Waals surface area contributed by atoms with Gasteiger partial charge in [-0.25, -0.2) is 4.68 Å². The fraction of sp³-hybridized carbons (Fsp3) is 0.471. The van der Waals surface area contributed by atoms with Crippen molar-refractivity contribution in [1.29, 1.82) is 0 Å². The number of hydrogen-bond donors (Lipinski definition) is 2. The Bertz CT molecular complexity index is 685.